The Hall–Kier alpha value is -0.860. The monoisotopic (exact) mass is 100 g/mol. The molecule has 2 N–H and O–H groups in total. The van der Waals surface area contributed by atoms with E-state index in [0.29, 0.717) is 11.4 Å². The Balaban J connectivity index is 3.82. The van der Waals surface area contributed by atoms with E-state index in [1.165, 1.54) is 0 Å². The maximum absolute atomic E-state index is 7.95. The van der Waals surface area contributed by atoms with E-state index in [2.05, 4.69) is 5.16 Å². The molecular weight excluding hydrogens is 92.1 g/mol. The summed E-state index contributed by atoms with van der Waals surface area (Å²) in [5, 5.41) is 17.5. The summed E-state index contributed by atoms with van der Waals surface area (Å²) in [5.41, 5.74) is 0.655. The minimum absolute atomic E-state index is 0.294. The molecule has 3 nitrogen and oxygen atoms in total. The van der Waals surface area contributed by atoms with E-state index in [1.54, 1.807) is 13.8 Å². The highest BCUT2D eigenvalue weighted by molar-refractivity contribution is 6.39. The van der Waals surface area contributed by atoms with Crippen molar-refractivity contribution >= 4 is 11.4 Å². The highest BCUT2D eigenvalue weighted by Gasteiger charge is 1.88. The summed E-state index contributed by atoms with van der Waals surface area (Å²) in [6.45, 7) is 3.14. The van der Waals surface area contributed by atoms with Gasteiger partial charge in [-0.25, -0.2) is 0 Å². The molecule has 0 aliphatic rings. The van der Waals surface area contributed by atoms with E-state index in [0.717, 1.165) is 0 Å². The average molecular weight is 100 g/mol. The van der Waals surface area contributed by atoms with Crippen LogP contribution >= 0.6 is 0 Å². The number of oxime groups is 1. The van der Waals surface area contributed by atoms with Crippen LogP contribution in [-0.2, 0) is 0 Å². The molecule has 0 saturated heterocycles. The molecule has 0 atom stereocenters. The minimum atomic E-state index is 0.294. The predicted octanol–water partition coefficient (Wildman–Crippen LogP) is 0.876. The molecule has 0 unspecified atom stereocenters. The van der Waals surface area contributed by atoms with Gasteiger partial charge < -0.3 is 10.6 Å². The van der Waals surface area contributed by atoms with Crippen molar-refractivity contribution in [2.45, 2.75) is 13.8 Å². The molecule has 0 aliphatic heterocycles. The van der Waals surface area contributed by atoms with E-state index in [4.69, 9.17) is 10.6 Å². The summed E-state index contributed by atoms with van der Waals surface area (Å²) in [6.07, 6.45) is 0. The van der Waals surface area contributed by atoms with E-state index < -0.39 is 0 Å². The van der Waals surface area contributed by atoms with Gasteiger partial charge in [-0.1, -0.05) is 5.16 Å². The fourth-order valence-electron chi connectivity index (χ4n) is 0.0750. The van der Waals surface area contributed by atoms with Crippen LogP contribution < -0.4 is 0 Å². The molecule has 0 aromatic heterocycles. The summed E-state index contributed by atoms with van der Waals surface area (Å²) >= 11 is 0. The lowest BCUT2D eigenvalue weighted by Gasteiger charge is -1.86. The summed E-state index contributed by atoms with van der Waals surface area (Å²) in [7, 11) is 0. The smallest absolute Gasteiger partial charge is 0.0968 e. The predicted molar refractivity (Wildman–Crippen MR) is 28.3 cm³/mol. The van der Waals surface area contributed by atoms with Gasteiger partial charge in [0.25, 0.3) is 0 Å². The van der Waals surface area contributed by atoms with Crippen molar-refractivity contribution in [3.63, 3.8) is 0 Å². The number of hydrogen-bond acceptors (Lipinski definition) is 3. The van der Waals surface area contributed by atoms with Crippen LogP contribution in [0.1, 0.15) is 13.8 Å². The maximum atomic E-state index is 7.95. The summed E-state index contributed by atoms with van der Waals surface area (Å²) < 4.78 is 0. The molecule has 0 aliphatic carbocycles. The molecule has 0 spiro atoms. The van der Waals surface area contributed by atoms with Gasteiger partial charge in [-0.15, -0.1) is 0 Å². The molecule has 3 heteroatoms. The summed E-state index contributed by atoms with van der Waals surface area (Å²) in [5.74, 6) is 0. The van der Waals surface area contributed by atoms with E-state index >= 15 is 0 Å². The number of rotatable bonds is 1. The van der Waals surface area contributed by atoms with Gasteiger partial charge in [0.2, 0.25) is 0 Å². The number of nitrogens with zero attached hydrogens (tertiary/aromatic N) is 1. The van der Waals surface area contributed by atoms with Gasteiger partial charge in [0.15, 0.2) is 0 Å². The number of nitrogens with one attached hydrogen (secondary N) is 1. The normalized spacial score (nSPS) is 11.4. The molecule has 7 heavy (non-hydrogen) atoms. The second kappa shape index (κ2) is 2.34. The third-order valence-corrected chi connectivity index (χ3v) is 0.693. The van der Waals surface area contributed by atoms with Gasteiger partial charge in [-0.3, -0.25) is 0 Å². The third kappa shape index (κ3) is 1.92. The SMILES string of the molecule is CC(=N)C(C)=NO. The second-order valence-corrected chi connectivity index (χ2v) is 1.31. The first-order valence-corrected chi connectivity index (χ1v) is 1.92. The molecule has 0 rings (SSSR count). The molecule has 0 aromatic rings. The van der Waals surface area contributed by atoms with Gasteiger partial charge in [-0.05, 0) is 13.8 Å². The minimum Gasteiger partial charge on any atom is -0.411 e. The zero-order chi connectivity index (χ0) is 5.86. The van der Waals surface area contributed by atoms with Crippen LogP contribution in [0, 0.1) is 5.41 Å². The first-order valence-electron chi connectivity index (χ1n) is 1.92. The van der Waals surface area contributed by atoms with Crippen molar-refractivity contribution in [2.75, 3.05) is 0 Å². The lowest BCUT2D eigenvalue weighted by Crippen LogP contribution is -2.01. The van der Waals surface area contributed by atoms with Crippen LogP contribution in [0.3, 0.4) is 0 Å². The van der Waals surface area contributed by atoms with E-state index in [-0.39, 0.29) is 0 Å². The molecule has 0 bridgehead atoms. The quantitative estimate of drug-likeness (QED) is 0.287. The lowest BCUT2D eigenvalue weighted by molar-refractivity contribution is 0.320. The molecule has 0 heterocycles. The zero-order valence-electron chi connectivity index (χ0n) is 4.39. The van der Waals surface area contributed by atoms with Crippen molar-refractivity contribution in [1.82, 2.24) is 0 Å². The Kier molecular flexibility index (Phi) is 2.05. The molecule has 0 fully saturated rings. The molecule has 0 radical (unpaired) electrons. The highest BCUT2D eigenvalue weighted by atomic mass is 16.4. The molecular formula is C4H8N2O. The van der Waals surface area contributed by atoms with Gasteiger partial charge >= 0.3 is 0 Å². The molecule has 0 amide bonds. The lowest BCUT2D eigenvalue weighted by atomic mass is 10.3. The van der Waals surface area contributed by atoms with Crippen LogP contribution in [-0.4, -0.2) is 16.6 Å². The standard InChI is InChI=1S/C4H8N2O/c1-3(5)4(2)6-7/h5,7H,1-2H3. The Labute approximate surface area is 42.2 Å². The zero-order valence-corrected chi connectivity index (χ0v) is 4.39. The molecule has 0 aromatic carbocycles. The first kappa shape index (κ1) is 6.14. The fourth-order valence-corrected chi connectivity index (χ4v) is 0.0750. The second-order valence-electron chi connectivity index (χ2n) is 1.31. The first-order chi connectivity index (χ1) is 3.18. The Morgan fingerprint density at radius 1 is 1.57 bits per heavy atom. The van der Waals surface area contributed by atoms with Crippen molar-refractivity contribution < 1.29 is 5.21 Å². The number of hydrogen-bond donors (Lipinski definition) is 2. The Morgan fingerprint density at radius 3 is 2.00 bits per heavy atom. The Morgan fingerprint density at radius 2 is 2.00 bits per heavy atom. The van der Waals surface area contributed by atoms with Crippen LogP contribution in [0.15, 0.2) is 5.16 Å². The molecule has 0 saturated carbocycles. The van der Waals surface area contributed by atoms with Crippen LogP contribution in [0.2, 0.25) is 0 Å². The summed E-state index contributed by atoms with van der Waals surface area (Å²) in [6, 6.07) is 0. The Bertz CT molecular complexity index is 106. The van der Waals surface area contributed by atoms with Crippen LogP contribution in [0.4, 0.5) is 0 Å². The van der Waals surface area contributed by atoms with Crippen LogP contribution in [0.5, 0.6) is 0 Å². The van der Waals surface area contributed by atoms with Crippen molar-refractivity contribution in [3.8, 4) is 0 Å². The summed E-state index contributed by atoms with van der Waals surface area (Å²) in [4.78, 5) is 0. The van der Waals surface area contributed by atoms with Gasteiger partial charge in [0, 0.05) is 0 Å². The maximum Gasteiger partial charge on any atom is 0.0968 e. The van der Waals surface area contributed by atoms with E-state index in [9.17, 15) is 0 Å². The van der Waals surface area contributed by atoms with Gasteiger partial charge in [0.05, 0.1) is 11.4 Å². The fraction of sp³-hybridized carbons (Fsp3) is 0.500. The van der Waals surface area contributed by atoms with Crippen molar-refractivity contribution in [3.05, 3.63) is 0 Å². The molecule has 40 valence electrons. The van der Waals surface area contributed by atoms with Crippen molar-refractivity contribution in [1.29, 1.82) is 5.41 Å². The van der Waals surface area contributed by atoms with Crippen molar-refractivity contribution in [2.24, 2.45) is 5.16 Å². The topological polar surface area (TPSA) is 56.4 Å². The van der Waals surface area contributed by atoms with Gasteiger partial charge in [0.1, 0.15) is 0 Å². The average Bonchev–Trinajstić information content (AvgIpc) is 1.65. The largest absolute Gasteiger partial charge is 0.411 e. The highest BCUT2D eigenvalue weighted by Crippen LogP contribution is 1.74. The van der Waals surface area contributed by atoms with E-state index in [1.807, 2.05) is 0 Å². The van der Waals surface area contributed by atoms with Gasteiger partial charge in [-0.2, -0.15) is 0 Å². The third-order valence-electron chi connectivity index (χ3n) is 0.693. The van der Waals surface area contributed by atoms with Crippen LogP contribution in [0.25, 0.3) is 0 Å².